The maximum atomic E-state index is 13.0. The molecule has 67 heavy (non-hydrogen) atoms. The van der Waals surface area contributed by atoms with Crippen molar-refractivity contribution in [1.29, 1.82) is 0 Å². The molecule has 0 radical (unpaired) electrons. The maximum Gasteiger partial charge on any atom is 0.472 e. The molecule has 0 amide bonds. The maximum absolute atomic E-state index is 13.0. The molecule has 1 saturated carbocycles. The summed E-state index contributed by atoms with van der Waals surface area (Å²) in [6.07, 6.45) is 20.9. The number of hydrogen-bond donors (Lipinski definition) is 9. The first kappa shape index (κ1) is 62.6. The quantitative estimate of drug-likeness (QED) is 0.00984. The molecular formula is C47H82O18P2. The SMILES string of the molecule is CC/C=C\CCCCCCCCCCCCCC(=O)OC[C@H](COP(=O)(O)O[C@H]1C(O)C(O)C(O)[C@@H](OP(=O)(O)O)C1O)OC(=O)CCC[C@H](O)/C=C/C=C\C/C=C\C=C\[C@H](O)CCCCC. The molecule has 0 heterocycles. The van der Waals surface area contributed by atoms with Crippen molar-refractivity contribution in [2.75, 3.05) is 13.2 Å². The molecule has 1 fully saturated rings. The van der Waals surface area contributed by atoms with Crippen LogP contribution in [0.25, 0.3) is 0 Å². The van der Waals surface area contributed by atoms with E-state index in [1.807, 2.05) is 18.2 Å². The van der Waals surface area contributed by atoms with E-state index in [1.54, 1.807) is 30.4 Å². The number of rotatable bonds is 39. The number of carbonyl (C=O) groups is 2. The molecule has 0 spiro atoms. The zero-order valence-electron chi connectivity index (χ0n) is 39.5. The minimum Gasteiger partial charge on any atom is -0.462 e. The normalized spacial score (nSPS) is 22.9. The van der Waals surface area contributed by atoms with Crippen LogP contribution in [0.2, 0.25) is 0 Å². The zero-order valence-corrected chi connectivity index (χ0v) is 41.3. The average Bonchev–Trinajstić information content (AvgIpc) is 3.27. The van der Waals surface area contributed by atoms with Gasteiger partial charge in [-0.1, -0.05) is 152 Å². The fourth-order valence-corrected chi connectivity index (χ4v) is 8.55. The lowest BCUT2D eigenvalue weighted by Gasteiger charge is -2.43. The molecule has 0 aromatic rings. The van der Waals surface area contributed by atoms with Crippen molar-refractivity contribution >= 4 is 27.6 Å². The monoisotopic (exact) mass is 996 g/mol. The summed E-state index contributed by atoms with van der Waals surface area (Å²) in [5, 5.41) is 61.5. The molecule has 0 aromatic carbocycles. The van der Waals surface area contributed by atoms with Crippen LogP contribution in [-0.2, 0) is 41.8 Å². The van der Waals surface area contributed by atoms with Gasteiger partial charge < -0.3 is 54.8 Å². The van der Waals surface area contributed by atoms with E-state index in [-0.39, 0.29) is 25.7 Å². The lowest BCUT2D eigenvalue weighted by molar-refractivity contribution is -0.216. The Balaban J connectivity index is 2.69. The number of aliphatic hydroxyl groups is 6. The lowest BCUT2D eigenvalue weighted by Crippen LogP contribution is -2.64. The Hall–Kier alpha value is -2.38. The summed E-state index contributed by atoms with van der Waals surface area (Å²) in [7, 11) is -10.8. The topological polar surface area (TPSA) is 296 Å². The third-order valence-electron chi connectivity index (χ3n) is 10.8. The third kappa shape index (κ3) is 32.2. The van der Waals surface area contributed by atoms with Gasteiger partial charge in [0.1, 0.15) is 43.2 Å². The number of hydrogen-bond acceptors (Lipinski definition) is 15. The van der Waals surface area contributed by atoms with Gasteiger partial charge in [-0.3, -0.25) is 23.2 Å². The first-order chi connectivity index (χ1) is 31.9. The second kappa shape index (κ2) is 37.4. The number of esters is 2. The molecule has 9 N–H and O–H groups in total. The van der Waals surface area contributed by atoms with Crippen molar-refractivity contribution in [3.63, 3.8) is 0 Å². The van der Waals surface area contributed by atoms with Crippen LogP contribution in [0.4, 0.5) is 0 Å². The second-order valence-electron chi connectivity index (χ2n) is 16.8. The van der Waals surface area contributed by atoms with Crippen LogP contribution in [0.3, 0.4) is 0 Å². The smallest absolute Gasteiger partial charge is 0.462 e. The van der Waals surface area contributed by atoms with Gasteiger partial charge in [-0.15, -0.1) is 0 Å². The van der Waals surface area contributed by atoms with Crippen LogP contribution in [0.15, 0.2) is 60.8 Å². The number of carbonyl (C=O) groups excluding carboxylic acids is 2. The van der Waals surface area contributed by atoms with Gasteiger partial charge in [0.15, 0.2) is 6.10 Å². The third-order valence-corrected chi connectivity index (χ3v) is 12.3. The first-order valence-electron chi connectivity index (χ1n) is 24.1. The average molecular weight is 997 g/mol. The summed E-state index contributed by atoms with van der Waals surface area (Å²) >= 11 is 0. The van der Waals surface area contributed by atoms with E-state index in [2.05, 4.69) is 30.5 Å². The van der Waals surface area contributed by atoms with Crippen LogP contribution in [0.5, 0.6) is 0 Å². The lowest BCUT2D eigenvalue weighted by atomic mass is 9.85. The number of phosphoric acid groups is 2. The Morgan fingerprint density at radius 1 is 0.567 bits per heavy atom. The predicted molar refractivity (Wildman–Crippen MR) is 253 cm³/mol. The van der Waals surface area contributed by atoms with E-state index < -0.39 is 95.7 Å². The molecule has 0 aromatic heterocycles. The van der Waals surface area contributed by atoms with Crippen molar-refractivity contribution in [2.45, 2.75) is 210 Å². The molecule has 0 saturated heterocycles. The van der Waals surface area contributed by atoms with Crippen LogP contribution in [0, 0.1) is 0 Å². The molecule has 20 heteroatoms. The van der Waals surface area contributed by atoms with Gasteiger partial charge in [-0.25, -0.2) is 9.13 Å². The highest BCUT2D eigenvalue weighted by Gasteiger charge is 2.54. The zero-order chi connectivity index (χ0) is 49.9. The number of phosphoric ester groups is 2. The van der Waals surface area contributed by atoms with Crippen LogP contribution in [-0.4, -0.2) is 125 Å². The predicted octanol–water partition coefficient (Wildman–Crippen LogP) is 7.00. The summed E-state index contributed by atoms with van der Waals surface area (Å²) in [6, 6.07) is 0. The molecular weight excluding hydrogens is 914 g/mol. The largest absolute Gasteiger partial charge is 0.472 e. The van der Waals surface area contributed by atoms with Gasteiger partial charge in [0.25, 0.3) is 0 Å². The standard InChI is InChI=1S/C47H82O18P2/c1-3-5-7-8-9-10-11-12-13-14-15-16-20-23-27-33-40(50)61-35-39(36-62-67(59,60)65-47-44(54)42(52)43(53)46(45(47)55)64-66(56,57)58)63-41(51)34-28-32-38(49)31-26-22-19-17-18-21-25-30-37(48)29-24-6-4-2/h5,7,18-19,21-22,25-26,30-31,37-39,42-49,52-55H,3-4,6,8-17,20,23-24,27-29,32-36H2,1-2H3,(H,59,60)(H2,56,57,58)/b7-5-,21-18-,22-19-,30-25+,31-26+/t37-,38-,39-,42?,43?,44?,45?,46-,47+/m1/s1. The Morgan fingerprint density at radius 2 is 1.09 bits per heavy atom. The summed E-state index contributed by atoms with van der Waals surface area (Å²) < 4.78 is 49.2. The fraction of sp³-hybridized carbons (Fsp3) is 0.745. The molecule has 0 aliphatic heterocycles. The molecule has 18 nitrogen and oxygen atoms in total. The van der Waals surface area contributed by atoms with Crippen molar-refractivity contribution in [3.05, 3.63) is 60.8 Å². The summed E-state index contributed by atoms with van der Waals surface area (Å²) in [4.78, 5) is 54.3. The Labute approximate surface area is 397 Å². The van der Waals surface area contributed by atoms with Crippen molar-refractivity contribution < 1.29 is 87.1 Å². The van der Waals surface area contributed by atoms with E-state index >= 15 is 0 Å². The molecule has 5 unspecified atom stereocenters. The van der Waals surface area contributed by atoms with Gasteiger partial charge >= 0.3 is 27.6 Å². The van der Waals surface area contributed by atoms with E-state index in [9.17, 15) is 64.0 Å². The van der Waals surface area contributed by atoms with Gasteiger partial charge in [0, 0.05) is 12.8 Å². The minimum absolute atomic E-state index is 0.0684. The van der Waals surface area contributed by atoms with Gasteiger partial charge in [0.05, 0.1) is 18.8 Å². The number of ether oxygens (including phenoxy) is 2. The van der Waals surface area contributed by atoms with Gasteiger partial charge in [0.2, 0.25) is 0 Å². The number of allylic oxidation sites excluding steroid dienone is 8. The van der Waals surface area contributed by atoms with Crippen molar-refractivity contribution in [3.8, 4) is 0 Å². The molecule has 1 rings (SSSR count). The fourth-order valence-electron chi connectivity index (χ4n) is 7.01. The highest BCUT2D eigenvalue weighted by atomic mass is 31.2. The van der Waals surface area contributed by atoms with Crippen LogP contribution in [0.1, 0.15) is 155 Å². The van der Waals surface area contributed by atoms with Crippen molar-refractivity contribution in [2.24, 2.45) is 0 Å². The summed E-state index contributed by atoms with van der Waals surface area (Å²) in [6.45, 7) is 2.73. The van der Waals surface area contributed by atoms with Gasteiger partial charge in [-0.05, 0) is 51.4 Å². The Bertz CT molecular complexity index is 1560. The van der Waals surface area contributed by atoms with Crippen LogP contribution >= 0.6 is 15.6 Å². The molecule has 10 atom stereocenters. The van der Waals surface area contributed by atoms with Crippen LogP contribution < -0.4 is 0 Å². The molecule has 1 aliphatic rings. The Morgan fingerprint density at radius 3 is 1.64 bits per heavy atom. The molecule has 388 valence electrons. The number of unbranched alkanes of at least 4 members (excludes halogenated alkanes) is 13. The van der Waals surface area contributed by atoms with E-state index in [0.29, 0.717) is 12.8 Å². The molecule has 0 bridgehead atoms. The van der Waals surface area contributed by atoms with E-state index in [1.165, 1.54) is 38.5 Å². The first-order valence-corrected chi connectivity index (χ1v) is 27.1. The van der Waals surface area contributed by atoms with Gasteiger partial charge in [-0.2, -0.15) is 0 Å². The molecule has 1 aliphatic carbocycles. The summed E-state index contributed by atoms with van der Waals surface area (Å²) in [5.74, 6) is -1.44. The highest BCUT2D eigenvalue weighted by molar-refractivity contribution is 7.47. The number of aliphatic hydroxyl groups excluding tert-OH is 6. The Kier molecular flexibility index (Phi) is 35.0. The van der Waals surface area contributed by atoms with E-state index in [0.717, 1.165) is 64.2 Å². The van der Waals surface area contributed by atoms with Crippen molar-refractivity contribution in [1.82, 2.24) is 0 Å². The summed E-state index contributed by atoms with van der Waals surface area (Å²) in [5.41, 5.74) is 0. The highest BCUT2D eigenvalue weighted by Crippen LogP contribution is 2.49. The second-order valence-corrected chi connectivity index (χ2v) is 19.4. The minimum atomic E-state index is -5.39. The van der Waals surface area contributed by atoms with E-state index in [4.69, 9.17) is 18.5 Å².